The number of nitrogens with two attached hydrogens (primary N) is 1. The van der Waals surface area contributed by atoms with Crippen LogP contribution in [0.25, 0.3) is 0 Å². The van der Waals surface area contributed by atoms with Gasteiger partial charge in [-0.05, 0) is 20.3 Å². The maximum absolute atomic E-state index is 11.3. The zero-order valence-corrected chi connectivity index (χ0v) is 10.5. The fourth-order valence-electron chi connectivity index (χ4n) is 1.65. The summed E-state index contributed by atoms with van der Waals surface area (Å²) in [5, 5.41) is 2.77. The maximum atomic E-state index is 11.3. The molecule has 1 rings (SSSR count). The highest BCUT2D eigenvalue weighted by Crippen LogP contribution is 2.09. The smallest absolute Gasteiger partial charge is 0.236 e. The Kier molecular flexibility index (Phi) is 6.36. The van der Waals surface area contributed by atoms with E-state index >= 15 is 0 Å². The van der Waals surface area contributed by atoms with Crippen LogP contribution in [-0.2, 0) is 9.59 Å². The van der Waals surface area contributed by atoms with Crippen molar-refractivity contribution in [3.63, 3.8) is 0 Å². The molecule has 1 heterocycles. The average molecular weight is 250 g/mol. The standard InChI is InChI=1S/C10H19N3O2.ClH/c1-7(12-10(15)8(2)11)6-13-5-3-4-9(13)14;/h7-8H,3-6,11H2,1-2H3,(H,12,15);1H/t7?,8-;/m0./s1. The third-order valence-corrected chi connectivity index (χ3v) is 2.47. The molecular weight excluding hydrogens is 230 g/mol. The van der Waals surface area contributed by atoms with E-state index in [1.807, 2.05) is 6.92 Å². The minimum Gasteiger partial charge on any atom is -0.351 e. The van der Waals surface area contributed by atoms with Crippen LogP contribution in [0.4, 0.5) is 0 Å². The lowest BCUT2D eigenvalue weighted by atomic mass is 10.2. The fourth-order valence-corrected chi connectivity index (χ4v) is 1.65. The quantitative estimate of drug-likeness (QED) is 0.730. The molecule has 16 heavy (non-hydrogen) atoms. The number of carbonyl (C=O) groups excluding carboxylic acids is 2. The van der Waals surface area contributed by atoms with Crippen LogP contribution in [0.1, 0.15) is 26.7 Å². The van der Waals surface area contributed by atoms with Crippen molar-refractivity contribution in [2.45, 2.75) is 38.8 Å². The molecule has 6 heteroatoms. The molecule has 0 saturated carbocycles. The zero-order chi connectivity index (χ0) is 11.4. The molecule has 1 aliphatic heterocycles. The molecule has 0 aromatic carbocycles. The predicted molar refractivity (Wildman–Crippen MR) is 64.3 cm³/mol. The van der Waals surface area contributed by atoms with Crippen LogP contribution in [0, 0.1) is 0 Å². The van der Waals surface area contributed by atoms with Gasteiger partial charge in [-0.1, -0.05) is 0 Å². The minimum atomic E-state index is -0.498. The Morgan fingerprint density at radius 2 is 2.19 bits per heavy atom. The molecular formula is C10H20ClN3O2. The minimum absolute atomic E-state index is 0. The Bertz CT molecular complexity index is 258. The number of likely N-dealkylation sites (tertiary alicyclic amines) is 1. The summed E-state index contributed by atoms with van der Waals surface area (Å²) in [4.78, 5) is 24.4. The predicted octanol–water partition coefficient (Wildman–Crippen LogP) is -0.117. The molecule has 2 amide bonds. The number of carbonyl (C=O) groups is 2. The van der Waals surface area contributed by atoms with Crippen molar-refractivity contribution in [1.29, 1.82) is 0 Å². The van der Waals surface area contributed by atoms with Gasteiger partial charge in [-0.25, -0.2) is 0 Å². The van der Waals surface area contributed by atoms with Crippen molar-refractivity contribution < 1.29 is 9.59 Å². The van der Waals surface area contributed by atoms with Crippen LogP contribution in [0.15, 0.2) is 0 Å². The highest BCUT2D eigenvalue weighted by atomic mass is 35.5. The summed E-state index contributed by atoms with van der Waals surface area (Å²) < 4.78 is 0. The first-order valence-electron chi connectivity index (χ1n) is 5.34. The van der Waals surface area contributed by atoms with E-state index in [2.05, 4.69) is 5.32 Å². The lowest BCUT2D eigenvalue weighted by molar-refractivity contribution is -0.129. The number of hydrogen-bond donors (Lipinski definition) is 2. The molecule has 5 nitrogen and oxygen atoms in total. The SMILES string of the molecule is CC(CN1CCCC1=O)NC(=O)[C@H](C)N.Cl. The van der Waals surface area contributed by atoms with E-state index in [9.17, 15) is 9.59 Å². The summed E-state index contributed by atoms with van der Waals surface area (Å²) in [6.07, 6.45) is 1.56. The number of hydrogen-bond acceptors (Lipinski definition) is 3. The second-order valence-electron chi connectivity index (χ2n) is 4.14. The van der Waals surface area contributed by atoms with Gasteiger partial charge >= 0.3 is 0 Å². The molecule has 0 spiro atoms. The Labute approximate surface area is 102 Å². The van der Waals surface area contributed by atoms with Gasteiger partial charge in [0.15, 0.2) is 0 Å². The van der Waals surface area contributed by atoms with Gasteiger partial charge < -0.3 is 16.0 Å². The van der Waals surface area contributed by atoms with Gasteiger partial charge in [0.2, 0.25) is 11.8 Å². The lowest BCUT2D eigenvalue weighted by Gasteiger charge is -2.22. The van der Waals surface area contributed by atoms with Crippen molar-refractivity contribution in [3.05, 3.63) is 0 Å². The average Bonchev–Trinajstić information content (AvgIpc) is 2.51. The third kappa shape index (κ3) is 4.37. The first kappa shape index (κ1) is 15.2. The van der Waals surface area contributed by atoms with Gasteiger partial charge in [0.05, 0.1) is 6.04 Å². The van der Waals surface area contributed by atoms with Crippen molar-refractivity contribution in [3.8, 4) is 0 Å². The van der Waals surface area contributed by atoms with Crippen molar-refractivity contribution in [2.75, 3.05) is 13.1 Å². The van der Waals surface area contributed by atoms with Gasteiger partial charge in [-0.15, -0.1) is 12.4 Å². The summed E-state index contributed by atoms with van der Waals surface area (Å²) in [5.74, 6) is 0.00559. The Morgan fingerprint density at radius 1 is 1.56 bits per heavy atom. The molecule has 2 atom stereocenters. The van der Waals surface area contributed by atoms with E-state index in [1.165, 1.54) is 0 Å². The number of nitrogens with zero attached hydrogens (tertiary/aromatic N) is 1. The second kappa shape index (κ2) is 6.70. The largest absolute Gasteiger partial charge is 0.351 e. The van der Waals surface area contributed by atoms with Crippen LogP contribution in [0.3, 0.4) is 0 Å². The molecule has 94 valence electrons. The van der Waals surface area contributed by atoms with E-state index in [0.717, 1.165) is 13.0 Å². The van der Waals surface area contributed by atoms with Crippen LogP contribution in [-0.4, -0.2) is 41.9 Å². The molecule has 1 saturated heterocycles. The van der Waals surface area contributed by atoms with Crippen LogP contribution >= 0.6 is 12.4 Å². The first-order chi connectivity index (χ1) is 7.00. The highest BCUT2D eigenvalue weighted by Gasteiger charge is 2.22. The van der Waals surface area contributed by atoms with E-state index in [1.54, 1.807) is 11.8 Å². The Hall–Kier alpha value is -0.810. The molecule has 1 fully saturated rings. The molecule has 0 aromatic heterocycles. The Balaban J connectivity index is 0.00000225. The van der Waals surface area contributed by atoms with Gasteiger partial charge in [0.25, 0.3) is 0 Å². The van der Waals surface area contributed by atoms with E-state index in [0.29, 0.717) is 13.0 Å². The van der Waals surface area contributed by atoms with E-state index in [-0.39, 0.29) is 30.3 Å². The second-order valence-corrected chi connectivity index (χ2v) is 4.14. The third-order valence-electron chi connectivity index (χ3n) is 2.47. The van der Waals surface area contributed by atoms with Crippen molar-refractivity contribution >= 4 is 24.2 Å². The first-order valence-corrected chi connectivity index (χ1v) is 5.34. The van der Waals surface area contributed by atoms with Gasteiger partial charge in [0, 0.05) is 25.6 Å². The number of rotatable bonds is 4. The van der Waals surface area contributed by atoms with E-state index < -0.39 is 6.04 Å². The topological polar surface area (TPSA) is 75.4 Å². The molecule has 0 aliphatic carbocycles. The molecule has 1 aliphatic rings. The molecule has 0 bridgehead atoms. The summed E-state index contributed by atoms with van der Waals surface area (Å²) >= 11 is 0. The van der Waals surface area contributed by atoms with Crippen molar-refractivity contribution in [2.24, 2.45) is 5.73 Å². The van der Waals surface area contributed by atoms with Crippen LogP contribution < -0.4 is 11.1 Å². The highest BCUT2D eigenvalue weighted by molar-refractivity contribution is 5.85. The molecule has 0 radical (unpaired) electrons. The molecule has 3 N–H and O–H groups in total. The van der Waals surface area contributed by atoms with Crippen LogP contribution in [0.2, 0.25) is 0 Å². The zero-order valence-electron chi connectivity index (χ0n) is 9.73. The van der Waals surface area contributed by atoms with Gasteiger partial charge in [0.1, 0.15) is 0 Å². The lowest BCUT2D eigenvalue weighted by Crippen LogP contribution is -2.47. The van der Waals surface area contributed by atoms with Gasteiger partial charge in [-0.2, -0.15) is 0 Å². The van der Waals surface area contributed by atoms with E-state index in [4.69, 9.17) is 5.73 Å². The summed E-state index contributed by atoms with van der Waals surface area (Å²) in [5.41, 5.74) is 5.43. The summed E-state index contributed by atoms with van der Waals surface area (Å²) in [6, 6.07) is -0.535. The monoisotopic (exact) mass is 249 g/mol. The number of halogens is 1. The number of nitrogens with one attached hydrogen (secondary N) is 1. The van der Waals surface area contributed by atoms with Crippen LogP contribution in [0.5, 0.6) is 0 Å². The summed E-state index contributed by atoms with van der Waals surface area (Å²) in [6.45, 7) is 4.91. The Morgan fingerprint density at radius 3 is 2.62 bits per heavy atom. The fraction of sp³-hybridized carbons (Fsp3) is 0.800. The van der Waals surface area contributed by atoms with Gasteiger partial charge in [-0.3, -0.25) is 9.59 Å². The number of amides is 2. The normalized spacial score (nSPS) is 18.9. The molecule has 0 aromatic rings. The molecule has 1 unspecified atom stereocenters. The summed E-state index contributed by atoms with van der Waals surface area (Å²) in [7, 11) is 0. The maximum Gasteiger partial charge on any atom is 0.236 e. The van der Waals surface area contributed by atoms with Crippen molar-refractivity contribution in [1.82, 2.24) is 10.2 Å².